The largest absolute Gasteiger partial charge is 0.477 e. The summed E-state index contributed by atoms with van der Waals surface area (Å²) in [5.41, 5.74) is 3.70. The summed E-state index contributed by atoms with van der Waals surface area (Å²) in [6.45, 7) is 5.81. The maximum atomic E-state index is 11.2. The molecule has 0 fully saturated rings. The van der Waals surface area contributed by atoms with E-state index in [2.05, 4.69) is 4.98 Å². The highest BCUT2D eigenvalue weighted by atomic mass is 32.1. The van der Waals surface area contributed by atoms with Crippen LogP contribution in [0.1, 0.15) is 25.8 Å². The number of hydrogen-bond donors (Lipinski definition) is 1. The molecule has 0 spiro atoms. The van der Waals surface area contributed by atoms with Gasteiger partial charge >= 0.3 is 5.97 Å². The van der Waals surface area contributed by atoms with Crippen molar-refractivity contribution in [3.63, 3.8) is 0 Å². The van der Waals surface area contributed by atoms with Gasteiger partial charge in [0.25, 0.3) is 0 Å². The van der Waals surface area contributed by atoms with Crippen molar-refractivity contribution in [2.75, 3.05) is 0 Å². The standard InChI is InChI=1S/C13H13NO2S/c1-7-4-5-10(8(2)6-7)11-12(13(15)16)17-9(3)14-11/h4-6H,1-3H3,(H,15,16). The average molecular weight is 247 g/mol. The fraction of sp³-hybridized carbons (Fsp3) is 0.231. The van der Waals surface area contributed by atoms with Crippen LogP contribution in [0.15, 0.2) is 18.2 Å². The van der Waals surface area contributed by atoms with Crippen molar-refractivity contribution in [1.82, 2.24) is 4.98 Å². The lowest BCUT2D eigenvalue weighted by molar-refractivity contribution is 0.0702. The van der Waals surface area contributed by atoms with Gasteiger partial charge in [-0.2, -0.15) is 0 Å². The van der Waals surface area contributed by atoms with Crippen molar-refractivity contribution in [2.24, 2.45) is 0 Å². The minimum atomic E-state index is -0.912. The fourth-order valence-electron chi connectivity index (χ4n) is 1.83. The molecule has 1 heterocycles. The van der Waals surface area contributed by atoms with Crippen LogP contribution in [0.3, 0.4) is 0 Å². The topological polar surface area (TPSA) is 50.2 Å². The van der Waals surface area contributed by atoms with Crippen LogP contribution in [0.2, 0.25) is 0 Å². The molecule has 2 aromatic rings. The lowest BCUT2D eigenvalue weighted by Crippen LogP contribution is -1.96. The van der Waals surface area contributed by atoms with Gasteiger partial charge in [0.05, 0.1) is 10.7 Å². The second kappa shape index (κ2) is 4.30. The monoisotopic (exact) mass is 247 g/mol. The molecule has 0 atom stereocenters. The number of thiazole rings is 1. The van der Waals surface area contributed by atoms with Crippen LogP contribution in [-0.2, 0) is 0 Å². The van der Waals surface area contributed by atoms with E-state index in [-0.39, 0.29) is 0 Å². The molecule has 3 nitrogen and oxygen atoms in total. The van der Waals surface area contributed by atoms with Crippen LogP contribution in [-0.4, -0.2) is 16.1 Å². The van der Waals surface area contributed by atoms with Crippen LogP contribution < -0.4 is 0 Å². The number of aromatic nitrogens is 1. The zero-order chi connectivity index (χ0) is 12.6. The van der Waals surface area contributed by atoms with E-state index in [4.69, 9.17) is 5.11 Å². The number of aryl methyl sites for hydroxylation is 3. The van der Waals surface area contributed by atoms with Crippen LogP contribution in [0.5, 0.6) is 0 Å². The van der Waals surface area contributed by atoms with E-state index in [1.165, 1.54) is 11.3 Å². The first-order chi connectivity index (χ1) is 7.99. The van der Waals surface area contributed by atoms with E-state index in [9.17, 15) is 4.79 Å². The maximum Gasteiger partial charge on any atom is 0.348 e. The van der Waals surface area contributed by atoms with Gasteiger partial charge in [0, 0.05) is 5.56 Å². The van der Waals surface area contributed by atoms with Crippen LogP contribution in [0.25, 0.3) is 11.3 Å². The normalized spacial score (nSPS) is 10.5. The summed E-state index contributed by atoms with van der Waals surface area (Å²) in [6, 6.07) is 5.95. The Labute approximate surface area is 104 Å². The van der Waals surface area contributed by atoms with Gasteiger partial charge in [-0.1, -0.05) is 23.8 Å². The summed E-state index contributed by atoms with van der Waals surface area (Å²) in [6.07, 6.45) is 0. The predicted molar refractivity (Wildman–Crippen MR) is 68.7 cm³/mol. The summed E-state index contributed by atoms with van der Waals surface area (Å²) in [5.74, 6) is -0.912. The quantitative estimate of drug-likeness (QED) is 0.884. The molecule has 0 amide bonds. The summed E-state index contributed by atoms with van der Waals surface area (Å²) < 4.78 is 0. The summed E-state index contributed by atoms with van der Waals surface area (Å²) in [7, 11) is 0. The number of carbonyl (C=O) groups is 1. The highest BCUT2D eigenvalue weighted by molar-refractivity contribution is 7.14. The summed E-state index contributed by atoms with van der Waals surface area (Å²) in [5, 5.41) is 9.93. The van der Waals surface area contributed by atoms with Gasteiger partial charge in [0.15, 0.2) is 0 Å². The second-order valence-corrected chi connectivity index (χ2v) is 5.24. The molecule has 17 heavy (non-hydrogen) atoms. The Bertz CT molecular complexity index is 587. The number of nitrogens with zero attached hydrogens (tertiary/aromatic N) is 1. The second-order valence-electron chi connectivity index (χ2n) is 4.03. The number of rotatable bonds is 2. The highest BCUT2D eigenvalue weighted by Crippen LogP contribution is 2.30. The molecule has 0 aliphatic carbocycles. The molecule has 88 valence electrons. The molecule has 0 aliphatic heterocycles. The molecular formula is C13H13NO2S. The molecule has 0 saturated carbocycles. The maximum absolute atomic E-state index is 11.2. The number of carboxylic acids is 1. The van der Waals surface area contributed by atoms with Crippen molar-refractivity contribution in [3.05, 3.63) is 39.2 Å². The van der Waals surface area contributed by atoms with Crippen molar-refractivity contribution in [1.29, 1.82) is 0 Å². The molecule has 0 aliphatic rings. The van der Waals surface area contributed by atoms with Gasteiger partial charge in [-0.15, -0.1) is 11.3 Å². The van der Waals surface area contributed by atoms with E-state index in [0.717, 1.165) is 21.7 Å². The molecule has 1 aromatic carbocycles. The third-order valence-corrected chi connectivity index (χ3v) is 3.52. The summed E-state index contributed by atoms with van der Waals surface area (Å²) >= 11 is 1.22. The van der Waals surface area contributed by atoms with Crippen molar-refractivity contribution < 1.29 is 9.90 Å². The minimum absolute atomic E-state index is 0.314. The van der Waals surface area contributed by atoms with Gasteiger partial charge in [0.2, 0.25) is 0 Å². The number of carboxylic acid groups (broad SMARTS) is 1. The van der Waals surface area contributed by atoms with Crippen molar-refractivity contribution in [3.8, 4) is 11.3 Å². The van der Waals surface area contributed by atoms with Gasteiger partial charge in [0.1, 0.15) is 4.88 Å². The Morgan fingerprint density at radius 3 is 2.59 bits per heavy atom. The lowest BCUT2D eigenvalue weighted by atomic mass is 10.0. The SMILES string of the molecule is Cc1ccc(-c2nc(C)sc2C(=O)O)c(C)c1. The first kappa shape index (κ1) is 11.8. The molecule has 1 aromatic heterocycles. The number of hydrogen-bond acceptors (Lipinski definition) is 3. The molecule has 0 radical (unpaired) electrons. The first-order valence-electron chi connectivity index (χ1n) is 5.27. The van der Waals surface area contributed by atoms with Crippen molar-refractivity contribution in [2.45, 2.75) is 20.8 Å². The zero-order valence-electron chi connectivity index (χ0n) is 9.94. The van der Waals surface area contributed by atoms with E-state index < -0.39 is 5.97 Å². The Hall–Kier alpha value is -1.68. The van der Waals surface area contributed by atoms with Gasteiger partial charge < -0.3 is 5.11 Å². The van der Waals surface area contributed by atoms with Gasteiger partial charge in [-0.25, -0.2) is 9.78 Å². The number of aromatic carboxylic acids is 1. The minimum Gasteiger partial charge on any atom is -0.477 e. The number of benzene rings is 1. The van der Waals surface area contributed by atoms with E-state index in [1.807, 2.05) is 39.0 Å². The third kappa shape index (κ3) is 2.22. The predicted octanol–water partition coefficient (Wildman–Crippen LogP) is 3.43. The molecule has 0 unspecified atom stereocenters. The molecular weight excluding hydrogens is 234 g/mol. The Kier molecular flexibility index (Phi) is 2.98. The highest BCUT2D eigenvalue weighted by Gasteiger charge is 2.18. The summed E-state index contributed by atoms with van der Waals surface area (Å²) in [4.78, 5) is 15.8. The van der Waals surface area contributed by atoms with Gasteiger partial charge in [-0.05, 0) is 26.3 Å². The van der Waals surface area contributed by atoms with Crippen LogP contribution in [0.4, 0.5) is 0 Å². The van der Waals surface area contributed by atoms with E-state index >= 15 is 0 Å². The van der Waals surface area contributed by atoms with E-state index in [0.29, 0.717) is 10.6 Å². The Balaban J connectivity index is 2.63. The molecule has 2 rings (SSSR count). The lowest BCUT2D eigenvalue weighted by Gasteiger charge is -2.05. The third-order valence-electron chi connectivity index (χ3n) is 2.57. The van der Waals surface area contributed by atoms with Crippen molar-refractivity contribution >= 4 is 17.3 Å². The Morgan fingerprint density at radius 1 is 1.29 bits per heavy atom. The smallest absolute Gasteiger partial charge is 0.348 e. The Morgan fingerprint density at radius 2 is 2.00 bits per heavy atom. The van der Waals surface area contributed by atoms with Gasteiger partial charge in [-0.3, -0.25) is 0 Å². The molecule has 1 N–H and O–H groups in total. The first-order valence-corrected chi connectivity index (χ1v) is 6.09. The molecule has 4 heteroatoms. The zero-order valence-corrected chi connectivity index (χ0v) is 10.8. The van der Waals surface area contributed by atoms with E-state index in [1.54, 1.807) is 0 Å². The molecule has 0 saturated heterocycles. The van der Waals surface area contributed by atoms with Crippen LogP contribution >= 0.6 is 11.3 Å². The fourth-order valence-corrected chi connectivity index (χ4v) is 2.61. The molecule has 0 bridgehead atoms. The van der Waals surface area contributed by atoms with Crippen LogP contribution in [0, 0.1) is 20.8 Å². The average Bonchev–Trinajstić information content (AvgIpc) is 2.60.